The van der Waals surface area contributed by atoms with Crippen molar-refractivity contribution in [2.75, 3.05) is 38.2 Å². The summed E-state index contributed by atoms with van der Waals surface area (Å²) in [6.45, 7) is 5.71. The lowest BCUT2D eigenvalue weighted by Gasteiger charge is -2.26. The zero-order valence-electron chi connectivity index (χ0n) is 19.8. The third kappa shape index (κ3) is 5.34. The Balaban J connectivity index is 1.12. The first kappa shape index (κ1) is 22.5. The van der Waals surface area contributed by atoms with Crippen LogP contribution in [0.3, 0.4) is 0 Å². The molecule has 5 heterocycles. The van der Waals surface area contributed by atoms with Crippen molar-refractivity contribution in [3.8, 4) is 11.1 Å². The summed E-state index contributed by atoms with van der Waals surface area (Å²) < 4.78 is 7.44. The summed E-state index contributed by atoms with van der Waals surface area (Å²) in [7, 11) is 0. The molecule has 0 bridgehead atoms. The van der Waals surface area contributed by atoms with Crippen molar-refractivity contribution >= 4 is 33.3 Å². The van der Waals surface area contributed by atoms with Gasteiger partial charge in [-0.25, -0.2) is 4.98 Å². The number of pyridine rings is 2. The highest BCUT2D eigenvalue weighted by atomic mass is 32.1. The number of anilines is 2. The number of rotatable bonds is 8. The molecular weight excluding hydrogens is 460 g/mol. The van der Waals surface area contributed by atoms with Gasteiger partial charge in [-0.3, -0.25) is 14.6 Å². The molecule has 182 valence electrons. The normalized spacial score (nSPS) is 17.4. The quantitative estimate of drug-likeness (QED) is 0.387. The molecule has 2 fully saturated rings. The molecule has 0 spiro atoms. The predicted octanol–water partition coefficient (Wildman–Crippen LogP) is 4.47. The smallest absolute Gasteiger partial charge is 0.211 e. The van der Waals surface area contributed by atoms with Gasteiger partial charge in [0.25, 0.3) is 0 Å². The van der Waals surface area contributed by atoms with Crippen molar-refractivity contribution in [1.82, 2.24) is 34.8 Å². The molecule has 1 saturated carbocycles. The Morgan fingerprint density at radius 2 is 1.89 bits per heavy atom. The molecule has 9 nitrogen and oxygen atoms in total. The number of nitrogens with one attached hydrogen (secondary N) is 1. The first-order chi connectivity index (χ1) is 17.3. The summed E-state index contributed by atoms with van der Waals surface area (Å²) in [5, 5.41) is 18.6. The minimum atomic E-state index is 0.569. The van der Waals surface area contributed by atoms with E-state index in [2.05, 4.69) is 42.8 Å². The van der Waals surface area contributed by atoms with Gasteiger partial charge >= 0.3 is 0 Å². The average molecular weight is 491 g/mol. The third-order valence-electron chi connectivity index (χ3n) is 6.85. The van der Waals surface area contributed by atoms with Crippen LogP contribution in [0, 0.1) is 0 Å². The van der Waals surface area contributed by atoms with Crippen molar-refractivity contribution in [3.63, 3.8) is 0 Å². The minimum Gasteiger partial charge on any atom is -0.379 e. The Hall–Kier alpha value is -2.95. The van der Waals surface area contributed by atoms with Crippen LogP contribution in [0.1, 0.15) is 43.0 Å². The van der Waals surface area contributed by atoms with Crippen LogP contribution in [0.4, 0.5) is 10.9 Å². The predicted molar refractivity (Wildman–Crippen MR) is 137 cm³/mol. The number of ether oxygens (including phenoxy) is 1. The van der Waals surface area contributed by atoms with Gasteiger partial charge in [0.15, 0.2) is 0 Å². The number of hydrogen-bond donors (Lipinski definition) is 1. The lowest BCUT2D eigenvalue weighted by atomic mass is 10.1. The minimum absolute atomic E-state index is 0.569. The molecule has 10 heteroatoms. The molecule has 0 aromatic carbocycles. The fourth-order valence-electron chi connectivity index (χ4n) is 4.88. The van der Waals surface area contributed by atoms with Crippen LogP contribution >= 0.6 is 11.3 Å². The summed E-state index contributed by atoms with van der Waals surface area (Å²) in [4.78, 5) is 11.9. The van der Waals surface area contributed by atoms with Crippen LogP contribution in [-0.4, -0.2) is 67.7 Å². The average Bonchev–Trinajstić information content (AvgIpc) is 3.67. The van der Waals surface area contributed by atoms with E-state index in [0.717, 1.165) is 83.9 Å². The first-order valence-corrected chi connectivity index (χ1v) is 13.3. The van der Waals surface area contributed by atoms with E-state index in [1.807, 2.05) is 29.2 Å². The maximum Gasteiger partial charge on any atom is 0.211 e. The number of nitrogens with zero attached hydrogens (tertiary/aromatic N) is 7. The summed E-state index contributed by atoms with van der Waals surface area (Å²) in [5.74, 6) is 1.32. The first-order valence-electron chi connectivity index (χ1n) is 12.5. The molecule has 2 aliphatic rings. The van der Waals surface area contributed by atoms with Gasteiger partial charge in [0.1, 0.15) is 10.8 Å². The fourth-order valence-corrected chi connectivity index (χ4v) is 5.80. The Labute approximate surface area is 208 Å². The molecule has 0 radical (unpaired) electrons. The number of aryl methyl sites for hydroxylation is 1. The monoisotopic (exact) mass is 490 g/mol. The molecular formula is C25H30N8OS. The maximum absolute atomic E-state index is 5.42. The summed E-state index contributed by atoms with van der Waals surface area (Å²) in [6, 6.07) is 6.01. The largest absolute Gasteiger partial charge is 0.379 e. The van der Waals surface area contributed by atoms with E-state index < -0.39 is 0 Å². The van der Waals surface area contributed by atoms with Gasteiger partial charge in [-0.05, 0) is 37.5 Å². The van der Waals surface area contributed by atoms with Crippen molar-refractivity contribution in [2.24, 2.45) is 0 Å². The van der Waals surface area contributed by atoms with E-state index in [0.29, 0.717) is 5.92 Å². The van der Waals surface area contributed by atoms with Crippen molar-refractivity contribution < 1.29 is 4.74 Å². The van der Waals surface area contributed by atoms with Crippen molar-refractivity contribution in [3.05, 3.63) is 41.8 Å². The topological polar surface area (TPSA) is 93.9 Å². The molecule has 0 amide bonds. The molecule has 1 aliphatic carbocycles. The Kier molecular flexibility index (Phi) is 6.66. The Morgan fingerprint density at radius 1 is 1.00 bits per heavy atom. The van der Waals surface area contributed by atoms with Crippen molar-refractivity contribution in [2.45, 2.75) is 44.6 Å². The highest BCUT2D eigenvalue weighted by molar-refractivity contribution is 7.15. The van der Waals surface area contributed by atoms with Crippen molar-refractivity contribution in [1.29, 1.82) is 0 Å². The highest BCUT2D eigenvalue weighted by Crippen LogP contribution is 2.37. The number of fused-ring (bicyclic) bond motifs is 1. The zero-order chi connectivity index (χ0) is 23.5. The molecule has 1 saturated heterocycles. The van der Waals surface area contributed by atoms with Crippen LogP contribution in [0.25, 0.3) is 22.2 Å². The van der Waals surface area contributed by atoms with Gasteiger partial charge in [0, 0.05) is 55.6 Å². The van der Waals surface area contributed by atoms with E-state index >= 15 is 0 Å². The van der Waals surface area contributed by atoms with E-state index in [-0.39, 0.29) is 0 Å². The van der Waals surface area contributed by atoms with Crippen LogP contribution in [-0.2, 0) is 11.3 Å². The third-order valence-corrected chi connectivity index (χ3v) is 7.85. The van der Waals surface area contributed by atoms with Crippen LogP contribution in [0.2, 0.25) is 0 Å². The molecule has 1 N–H and O–H groups in total. The second kappa shape index (κ2) is 10.3. The van der Waals surface area contributed by atoms with Gasteiger partial charge in [0.05, 0.1) is 30.4 Å². The molecule has 0 unspecified atom stereocenters. The number of hydrogen-bond acceptors (Lipinski definition) is 9. The SMILES string of the molecule is c1nc2ccc(Nc3nnc(C4CCCC4)s3)nc2cc1-c1cnn(CCCN2CCOCC2)c1. The standard InChI is InChI=1S/C25H30N8OS/c1-2-5-18(4-1)24-30-31-25(35-24)29-23-7-6-21-22(28-23)14-19(15-26-21)20-16-27-33(17-20)9-3-8-32-10-12-34-13-11-32/h6-7,14-18H,1-5,8-13H2,(H,28,29,31). The summed E-state index contributed by atoms with van der Waals surface area (Å²) in [5.41, 5.74) is 3.77. The maximum atomic E-state index is 5.42. The number of morpholine rings is 1. The van der Waals surface area contributed by atoms with Crippen LogP contribution in [0.5, 0.6) is 0 Å². The van der Waals surface area contributed by atoms with E-state index in [9.17, 15) is 0 Å². The summed E-state index contributed by atoms with van der Waals surface area (Å²) in [6.07, 6.45) is 12.0. The van der Waals surface area contributed by atoms with E-state index in [1.165, 1.54) is 25.7 Å². The molecule has 6 rings (SSSR count). The second-order valence-electron chi connectivity index (χ2n) is 9.31. The highest BCUT2D eigenvalue weighted by Gasteiger charge is 2.21. The van der Waals surface area contributed by atoms with E-state index in [4.69, 9.17) is 9.72 Å². The van der Waals surface area contributed by atoms with Gasteiger partial charge in [-0.2, -0.15) is 5.10 Å². The Morgan fingerprint density at radius 3 is 2.77 bits per heavy atom. The van der Waals surface area contributed by atoms with Gasteiger partial charge in [0.2, 0.25) is 5.13 Å². The molecule has 35 heavy (non-hydrogen) atoms. The van der Waals surface area contributed by atoms with Gasteiger partial charge in [-0.15, -0.1) is 10.2 Å². The van der Waals surface area contributed by atoms with Gasteiger partial charge < -0.3 is 10.1 Å². The van der Waals surface area contributed by atoms with Crippen LogP contribution in [0.15, 0.2) is 36.8 Å². The second-order valence-corrected chi connectivity index (χ2v) is 10.3. The van der Waals surface area contributed by atoms with Crippen LogP contribution < -0.4 is 5.32 Å². The lowest BCUT2D eigenvalue weighted by molar-refractivity contribution is 0.0368. The Bertz CT molecular complexity index is 1280. The fraction of sp³-hybridized carbons (Fsp3) is 0.480. The van der Waals surface area contributed by atoms with E-state index in [1.54, 1.807) is 11.3 Å². The molecule has 4 aromatic rings. The molecule has 4 aromatic heterocycles. The van der Waals surface area contributed by atoms with Gasteiger partial charge in [-0.1, -0.05) is 24.2 Å². The lowest BCUT2D eigenvalue weighted by Crippen LogP contribution is -2.37. The molecule has 0 atom stereocenters. The molecule has 1 aliphatic heterocycles. The number of aromatic nitrogens is 6. The zero-order valence-corrected chi connectivity index (χ0v) is 20.6. The summed E-state index contributed by atoms with van der Waals surface area (Å²) >= 11 is 1.64.